The summed E-state index contributed by atoms with van der Waals surface area (Å²) in [7, 11) is 0. The van der Waals surface area contributed by atoms with Crippen LogP contribution in [0.1, 0.15) is 42.2 Å². The molecule has 2 aromatic rings. The van der Waals surface area contributed by atoms with Gasteiger partial charge in [0.15, 0.2) is 0 Å². The number of piperazine rings is 1. The molecule has 0 atom stereocenters. The smallest absolute Gasteiger partial charge is 0.272 e. The zero-order valence-corrected chi connectivity index (χ0v) is 14.6. The van der Waals surface area contributed by atoms with Crippen LogP contribution in [-0.2, 0) is 11.3 Å². The summed E-state index contributed by atoms with van der Waals surface area (Å²) in [6.07, 6.45) is 7.68. The summed E-state index contributed by atoms with van der Waals surface area (Å²) in [5, 5.41) is 15.1. The van der Waals surface area contributed by atoms with Gasteiger partial charge in [-0.15, -0.1) is 5.10 Å². The van der Waals surface area contributed by atoms with Gasteiger partial charge in [0.2, 0.25) is 5.91 Å². The van der Waals surface area contributed by atoms with Crippen LogP contribution in [0, 0.1) is 0 Å². The van der Waals surface area contributed by atoms with E-state index in [1.807, 2.05) is 9.58 Å². The lowest BCUT2D eigenvalue weighted by molar-refractivity contribution is -0.133. The Labute approximate surface area is 150 Å². The molecule has 138 valence electrons. The Balaban J connectivity index is 1.35. The molecule has 4 rings (SSSR count). The lowest BCUT2D eigenvalue weighted by atomic mass is 10.2. The third kappa shape index (κ3) is 3.31. The zero-order valence-electron chi connectivity index (χ0n) is 14.6. The van der Waals surface area contributed by atoms with Crippen LogP contribution in [0.3, 0.4) is 0 Å². The van der Waals surface area contributed by atoms with Crippen molar-refractivity contribution in [3.63, 3.8) is 0 Å². The largest absolute Gasteiger partial charge is 0.338 e. The van der Waals surface area contributed by atoms with Crippen molar-refractivity contribution in [3.05, 3.63) is 24.3 Å². The van der Waals surface area contributed by atoms with Crippen molar-refractivity contribution in [1.82, 2.24) is 39.8 Å². The van der Waals surface area contributed by atoms with Gasteiger partial charge in [0.05, 0.1) is 6.04 Å². The molecule has 0 unspecified atom stereocenters. The molecular formula is C16H22N8O2. The van der Waals surface area contributed by atoms with E-state index < -0.39 is 0 Å². The van der Waals surface area contributed by atoms with E-state index in [1.54, 1.807) is 17.2 Å². The van der Waals surface area contributed by atoms with Crippen LogP contribution in [0.5, 0.6) is 0 Å². The summed E-state index contributed by atoms with van der Waals surface area (Å²) in [6, 6.07) is 2.14. The van der Waals surface area contributed by atoms with Crippen molar-refractivity contribution in [2.75, 3.05) is 26.2 Å². The SMILES string of the molecule is O=C(Cn1cnnn1)N1CCN(C(=O)c2ccnn2C2CCCC2)CC1. The van der Waals surface area contributed by atoms with Crippen molar-refractivity contribution >= 4 is 11.8 Å². The normalized spacial score (nSPS) is 18.5. The molecule has 1 saturated carbocycles. The number of nitrogens with zero attached hydrogens (tertiary/aromatic N) is 8. The van der Waals surface area contributed by atoms with E-state index in [0.29, 0.717) is 37.9 Å². The van der Waals surface area contributed by atoms with E-state index in [4.69, 9.17) is 0 Å². The Morgan fingerprint density at radius 3 is 2.50 bits per heavy atom. The highest BCUT2D eigenvalue weighted by atomic mass is 16.2. The predicted molar refractivity (Wildman–Crippen MR) is 90.0 cm³/mol. The summed E-state index contributed by atoms with van der Waals surface area (Å²) in [4.78, 5) is 28.8. The van der Waals surface area contributed by atoms with Crippen LogP contribution in [0.25, 0.3) is 0 Å². The van der Waals surface area contributed by atoms with Gasteiger partial charge < -0.3 is 9.80 Å². The number of rotatable bonds is 4. The summed E-state index contributed by atoms with van der Waals surface area (Å²) in [5.74, 6) is -0.0395. The Kier molecular flexibility index (Phi) is 4.63. The van der Waals surface area contributed by atoms with Crippen molar-refractivity contribution in [2.45, 2.75) is 38.3 Å². The average molecular weight is 358 g/mol. The molecule has 26 heavy (non-hydrogen) atoms. The fraction of sp³-hybridized carbons (Fsp3) is 0.625. The van der Waals surface area contributed by atoms with E-state index >= 15 is 0 Å². The second-order valence-electron chi connectivity index (χ2n) is 6.78. The Morgan fingerprint density at radius 1 is 1.08 bits per heavy atom. The number of tetrazole rings is 1. The van der Waals surface area contributed by atoms with Gasteiger partial charge in [0, 0.05) is 32.4 Å². The van der Waals surface area contributed by atoms with Crippen LogP contribution in [0.15, 0.2) is 18.6 Å². The minimum Gasteiger partial charge on any atom is -0.338 e. The van der Waals surface area contributed by atoms with Crippen molar-refractivity contribution < 1.29 is 9.59 Å². The molecule has 0 radical (unpaired) electrons. The molecule has 2 aliphatic rings. The van der Waals surface area contributed by atoms with Crippen molar-refractivity contribution in [3.8, 4) is 0 Å². The van der Waals surface area contributed by atoms with Gasteiger partial charge in [-0.25, -0.2) is 4.68 Å². The number of carbonyl (C=O) groups excluding carboxylic acids is 2. The fourth-order valence-corrected chi connectivity index (χ4v) is 3.74. The highest BCUT2D eigenvalue weighted by Crippen LogP contribution is 2.30. The van der Waals surface area contributed by atoms with Crippen molar-refractivity contribution in [1.29, 1.82) is 0 Å². The van der Waals surface area contributed by atoms with Crippen LogP contribution in [0.4, 0.5) is 0 Å². The Bertz CT molecular complexity index is 757. The fourth-order valence-electron chi connectivity index (χ4n) is 3.74. The quantitative estimate of drug-likeness (QED) is 0.760. The monoisotopic (exact) mass is 358 g/mol. The number of hydrogen-bond acceptors (Lipinski definition) is 6. The maximum Gasteiger partial charge on any atom is 0.272 e. The van der Waals surface area contributed by atoms with Gasteiger partial charge >= 0.3 is 0 Å². The summed E-state index contributed by atoms with van der Waals surface area (Å²) in [5.41, 5.74) is 0.658. The molecule has 0 N–H and O–H groups in total. The van der Waals surface area contributed by atoms with Crippen molar-refractivity contribution in [2.24, 2.45) is 0 Å². The van der Waals surface area contributed by atoms with E-state index in [0.717, 1.165) is 12.8 Å². The van der Waals surface area contributed by atoms with Crippen LogP contribution in [-0.4, -0.2) is 77.8 Å². The molecule has 1 aliphatic heterocycles. The topological polar surface area (TPSA) is 102 Å². The molecule has 10 nitrogen and oxygen atoms in total. The standard InChI is InChI=1S/C16H22N8O2/c25-15(11-23-12-17-19-20-23)21-7-9-22(10-8-21)16(26)14-5-6-18-24(14)13-3-1-2-4-13/h5-6,12-13H,1-4,7-11H2. The summed E-state index contributed by atoms with van der Waals surface area (Å²) >= 11 is 0. The van der Waals surface area contributed by atoms with Crippen LogP contribution >= 0.6 is 0 Å². The van der Waals surface area contributed by atoms with E-state index in [2.05, 4.69) is 20.6 Å². The molecule has 1 saturated heterocycles. The molecule has 0 bridgehead atoms. The van der Waals surface area contributed by atoms with Gasteiger partial charge in [0.25, 0.3) is 5.91 Å². The highest BCUT2D eigenvalue weighted by Gasteiger charge is 2.29. The second-order valence-corrected chi connectivity index (χ2v) is 6.78. The maximum atomic E-state index is 12.9. The highest BCUT2D eigenvalue weighted by molar-refractivity contribution is 5.92. The molecule has 1 aliphatic carbocycles. The lowest BCUT2D eigenvalue weighted by Gasteiger charge is -2.34. The molecule has 10 heteroatoms. The number of hydrogen-bond donors (Lipinski definition) is 0. The van der Waals surface area contributed by atoms with Gasteiger partial charge in [-0.1, -0.05) is 12.8 Å². The first-order valence-corrected chi connectivity index (χ1v) is 9.04. The van der Waals surface area contributed by atoms with E-state index in [9.17, 15) is 9.59 Å². The molecule has 2 fully saturated rings. The molecule has 0 spiro atoms. The van der Waals surface area contributed by atoms with Gasteiger partial charge in [-0.05, 0) is 29.3 Å². The van der Waals surface area contributed by atoms with Gasteiger partial charge in [-0.2, -0.15) is 5.10 Å². The number of aromatic nitrogens is 6. The minimum atomic E-state index is -0.0413. The maximum absolute atomic E-state index is 12.9. The van der Waals surface area contributed by atoms with Crippen LogP contribution < -0.4 is 0 Å². The predicted octanol–water partition coefficient (Wildman–Crippen LogP) is -0.0307. The average Bonchev–Trinajstić information content (AvgIpc) is 3.41. The number of amides is 2. The first kappa shape index (κ1) is 16.7. The molecule has 2 amide bonds. The van der Waals surface area contributed by atoms with Gasteiger partial charge in [-0.3, -0.25) is 14.3 Å². The molecular weight excluding hydrogens is 336 g/mol. The minimum absolute atomic E-state index is 0.00183. The Morgan fingerprint density at radius 2 is 1.81 bits per heavy atom. The summed E-state index contributed by atoms with van der Waals surface area (Å²) < 4.78 is 3.30. The third-order valence-corrected chi connectivity index (χ3v) is 5.17. The zero-order chi connectivity index (χ0) is 17.9. The van der Waals surface area contributed by atoms with Gasteiger partial charge in [0.1, 0.15) is 18.6 Å². The van der Waals surface area contributed by atoms with E-state index in [1.165, 1.54) is 23.9 Å². The van der Waals surface area contributed by atoms with E-state index in [-0.39, 0.29) is 18.4 Å². The third-order valence-electron chi connectivity index (χ3n) is 5.17. The number of carbonyl (C=O) groups is 2. The summed E-state index contributed by atoms with van der Waals surface area (Å²) in [6.45, 7) is 2.20. The van der Waals surface area contributed by atoms with Crippen LogP contribution in [0.2, 0.25) is 0 Å². The molecule has 3 heterocycles. The first-order chi connectivity index (χ1) is 12.7. The lowest BCUT2D eigenvalue weighted by Crippen LogP contribution is -2.51. The first-order valence-electron chi connectivity index (χ1n) is 9.04. The molecule has 0 aromatic carbocycles. The molecule has 2 aromatic heterocycles. The second kappa shape index (κ2) is 7.22. The Hall–Kier alpha value is -2.78.